The molecule has 0 aromatic heterocycles. The molecule has 0 aromatic rings. The average Bonchev–Trinajstić information content (AvgIpc) is 3.26. The fourth-order valence-corrected chi connectivity index (χ4v) is 8.92. The molecule has 61 heavy (non-hydrogen) atoms. The van der Waals surface area contributed by atoms with Gasteiger partial charge in [-0.2, -0.15) is 0 Å². The molecule has 0 fully saturated rings. The zero-order valence-electron chi connectivity index (χ0n) is 42.1. The molecule has 2 atom stereocenters. The molecule has 0 aromatic carbocycles. The number of hydrogen-bond acceptors (Lipinski definition) is 6. The molecule has 0 saturated carbocycles. The summed E-state index contributed by atoms with van der Waals surface area (Å²) in [5, 5.41) is 16.0. The van der Waals surface area contributed by atoms with E-state index in [1.807, 2.05) is 0 Å². The number of ether oxygens (including phenoxy) is 1. The first-order chi connectivity index (χ1) is 29.9. The normalized spacial score (nSPS) is 12.5. The first-order valence-electron chi connectivity index (χ1n) is 27.2. The summed E-state index contributed by atoms with van der Waals surface area (Å²) in [7, 11) is 0. The largest absolute Gasteiger partial charge is 0.483 e. The van der Waals surface area contributed by atoms with Crippen molar-refractivity contribution in [2.45, 2.75) is 272 Å². The minimum atomic E-state index is -0.250. The van der Waals surface area contributed by atoms with Crippen molar-refractivity contribution in [3.8, 4) is 0 Å². The average molecular weight is 867 g/mol. The zero-order valence-corrected chi connectivity index (χ0v) is 42.1. The van der Waals surface area contributed by atoms with Crippen molar-refractivity contribution >= 4 is 12.4 Å². The lowest BCUT2D eigenvalue weighted by molar-refractivity contribution is -0.145. The molecule has 0 heterocycles. The van der Waals surface area contributed by atoms with Crippen LogP contribution in [-0.2, 0) is 14.3 Å². The molecule has 0 aliphatic rings. The molecular formula is C54H110N2O5. The Morgan fingerprint density at radius 3 is 1.20 bits per heavy atom. The summed E-state index contributed by atoms with van der Waals surface area (Å²) >= 11 is 0. The molecule has 2 unspecified atom stereocenters. The molecule has 2 N–H and O–H groups in total. The van der Waals surface area contributed by atoms with Gasteiger partial charge in [0, 0.05) is 26.1 Å². The van der Waals surface area contributed by atoms with Gasteiger partial charge in [-0.05, 0) is 83.0 Å². The Kier molecular flexibility index (Phi) is 54.0. The van der Waals surface area contributed by atoms with E-state index < -0.39 is 0 Å². The molecule has 7 heteroatoms. The van der Waals surface area contributed by atoms with Gasteiger partial charge in [0.15, 0.2) is 0 Å². The second-order valence-electron chi connectivity index (χ2n) is 18.8. The van der Waals surface area contributed by atoms with E-state index in [0.717, 1.165) is 57.8 Å². The fraction of sp³-hybridized carbons (Fsp3) is 0.963. The molecule has 7 nitrogen and oxygen atoms in total. The Labute approximate surface area is 382 Å². The summed E-state index contributed by atoms with van der Waals surface area (Å²) in [6.07, 6.45) is 48.1. The van der Waals surface area contributed by atoms with Crippen LogP contribution in [0.15, 0.2) is 0 Å². The highest BCUT2D eigenvalue weighted by Gasteiger charge is 2.14. The van der Waals surface area contributed by atoms with Crippen molar-refractivity contribution in [1.82, 2.24) is 9.80 Å². The van der Waals surface area contributed by atoms with E-state index in [2.05, 4.69) is 44.4 Å². The standard InChI is InChI=1S/C53H108N2O3.CH2O2/c1-6-11-15-19-21-30-39-51(38-28-17-13-8-3)40-31-23-24-35-45-55(48-47-54(10-5)44-34-25-26-37-49-56)46-36-27-33-43-53(57)58-50-52(41-29-18-14-9-4)42-32-22-20-16-12-7-2;2-1-3/h51-52,56H,6-50H2,1-5H3;1H,(H,2,3). The molecule has 0 bridgehead atoms. The first kappa shape index (κ1) is 61.9. The third kappa shape index (κ3) is 48.1. The van der Waals surface area contributed by atoms with E-state index in [0.29, 0.717) is 25.6 Å². The van der Waals surface area contributed by atoms with E-state index in [9.17, 15) is 4.79 Å². The van der Waals surface area contributed by atoms with Crippen LogP contribution in [0.4, 0.5) is 0 Å². The van der Waals surface area contributed by atoms with Crippen LogP contribution in [0.5, 0.6) is 0 Å². The van der Waals surface area contributed by atoms with Gasteiger partial charge in [-0.1, -0.05) is 221 Å². The van der Waals surface area contributed by atoms with Crippen LogP contribution in [0, 0.1) is 11.8 Å². The van der Waals surface area contributed by atoms with Crippen LogP contribution in [0.3, 0.4) is 0 Å². The number of likely N-dealkylation sites (N-methyl/N-ethyl adjacent to an activating group) is 1. The molecule has 0 aliphatic carbocycles. The molecule has 0 saturated heterocycles. The van der Waals surface area contributed by atoms with E-state index in [1.165, 1.54) is 219 Å². The Morgan fingerprint density at radius 2 is 0.770 bits per heavy atom. The first-order valence-corrected chi connectivity index (χ1v) is 27.2. The zero-order chi connectivity index (χ0) is 45.1. The molecule has 0 amide bonds. The van der Waals surface area contributed by atoms with Crippen LogP contribution < -0.4 is 0 Å². The quantitative estimate of drug-likeness (QED) is 0.0358. The lowest BCUT2D eigenvalue weighted by Crippen LogP contribution is -2.36. The van der Waals surface area contributed by atoms with Crippen molar-refractivity contribution in [3.63, 3.8) is 0 Å². The minimum absolute atomic E-state index is 0.0334. The molecule has 366 valence electrons. The third-order valence-corrected chi connectivity index (χ3v) is 13.1. The number of unbranched alkanes of at least 4 members (excludes halogenated alkanes) is 24. The number of esters is 1. The van der Waals surface area contributed by atoms with Crippen LogP contribution in [0.1, 0.15) is 272 Å². The smallest absolute Gasteiger partial charge is 0.305 e. The SMILES string of the molecule is CCCCCCCCC(CCCCCC)CCCCCCN(CCCCCC(=O)OCC(CCCCCC)CCCCCCCC)CCN(CC)CCCCCCO.O=CO. The van der Waals surface area contributed by atoms with E-state index in [-0.39, 0.29) is 12.4 Å². The molecule has 0 radical (unpaired) electrons. The van der Waals surface area contributed by atoms with Crippen LogP contribution in [0.25, 0.3) is 0 Å². The predicted molar refractivity (Wildman–Crippen MR) is 266 cm³/mol. The van der Waals surface area contributed by atoms with E-state index in [1.54, 1.807) is 0 Å². The van der Waals surface area contributed by atoms with Crippen LogP contribution >= 0.6 is 0 Å². The van der Waals surface area contributed by atoms with E-state index in [4.69, 9.17) is 19.7 Å². The van der Waals surface area contributed by atoms with Crippen molar-refractivity contribution in [2.75, 3.05) is 52.5 Å². The number of aliphatic hydroxyl groups is 1. The summed E-state index contributed by atoms with van der Waals surface area (Å²) in [6, 6.07) is 0. The van der Waals surface area contributed by atoms with Gasteiger partial charge in [0.05, 0.1) is 6.61 Å². The third-order valence-electron chi connectivity index (χ3n) is 13.1. The Hall–Kier alpha value is -1.18. The Bertz CT molecular complexity index is 844. The van der Waals surface area contributed by atoms with Gasteiger partial charge < -0.3 is 24.7 Å². The second kappa shape index (κ2) is 53.2. The number of aliphatic hydroxyl groups excluding tert-OH is 1. The van der Waals surface area contributed by atoms with Crippen molar-refractivity contribution < 1.29 is 24.5 Å². The van der Waals surface area contributed by atoms with Gasteiger partial charge in [-0.3, -0.25) is 9.59 Å². The maximum Gasteiger partial charge on any atom is 0.305 e. The highest BCUT2D eigenvalue weighted by atomic mass is 16.5. The van der Waals surface area contributed by atoms with Gasteiger partial charge in [0.1, 0.15) is 0 Å². The second-order valence-corrected chi connectivity index (χ2v) is 18.8. The predicted octanol–water partition coefficient (Wildman–Crippen LogP) is 15.6. The molecule has 0 spiro atoms. The molecule has 0 aliphatic heterocycles. The maximum atomic E-state index is 12.8. The van der Waals surface area contributed by atoms with Crippen molar-refractivity contribution in [3.05, 3.63) is 0 Å². The van der Waals surface area contributed by atoms with Gasteiger partial charge >= 0.3 is 5.97 Å². The summed E-state index contributed by atoms with van der Waals surface area (Å²) in [4.78, 5) is 26.6. The number of nitrogens with zero attached hydrogens (tertiary/aromatic N) is 2. The highest BCUT2D eigenvalue weighted by molar-refractivity contribution is 5.69. The van der Waals surface area contributed by atoms with Crippen LogP contribution in [-0.4, -0.2) is 84.9 Å². The number of rotatable bonds is 49. The van der Waals surface area contributed by atoms with Gasteiger partial charge in [0.2, 0.25) is 0 Å². The number of carbonyl (C=O) groups excluding carboxylic acids is 1. The highest BCUT2D eigenvalue weighted by Crippen LogP contribution is 2.25. The van der Waals surface area contributed by atoms with Crippen LogP contribution in [0.2, 0.25) is 0 Å². The van der Waals surface area contributed by atoms with Gasteiger partial charge in [0.25, 0.3) is 6.47 Å². The number of carboxylic acid groups (broad SMARTS) is 1. The summed E-state index contributed by atoms with van der Waals surface area (Å²) in [5.74, 6) is 1.54. The van der Waals surface area contributed by atoms with Gasteiger partial charge in [-0.25, -0.2) is 0 Å². The Morgan fingerprint density at radius 1 is 0.443 bits per heavy atom. The topological polar surface area (TPSA) is 90.3 Å². The van der Waals surface area contributed by atoms with Crippen molar-refractivity contribution in [2.24, 2.45) is 11.8 Å². The monoisotopic (exact) mass is 867 g/mol. The van der Waals surface area contributed by atoms with Crippen molar-refractivity contribution in [1.29, 1.82) is 0 Å². The summed E-state index contributed by atoms with van der Waals surface area (Å²) in [6.45, 7) is 19.2. The molecular weight excluding hydrogens is 757 g/mol. The Balaban J connectivity index is 0. The maximum absolute atomic E-state index is 12.8. The summed E-state index contributed by atoms with van der Waals surface area (Å²) in [5.41, 5.74) is 0. The number of carbonyl (C=O) groups is 2. The molecule has 0 rings (SSSR count). The van der Waals surface area contributed by atoms with E-state index >= 15 is 0 Å². The lowest BCUT2D eigenvalue weighted by Gasteiger charge is -2.27. The number of hydrogen-bond donors (Lipinski definition) is 2. The van der Waals surface area contributed by atoms with Gasteiger partial charge in [-0.15, -0.1) is 0 Å². The summed E-state index contributed by atoms with van der Waals surface area (Å²) < 4.78 is 5.91. The fourth-order valence-electron chi connectivity index (χ4n) is 8.92. The lowest BCUT2D eigenvalue weighted by atomic mass is 9.89. The minimum Gasteiger partial charge on any atom is -0.483 e.